The minimum atomic E-state index is -1.02. The number of phenolic OH excluding ortho intramolecular Hbond substituents is 1. The molecule has 0 bridgehead atoms. The zero-order chi connectivity index (χ0) is 20.1. The number of carbonyl (C=O) groups is 3. The number of carboxylic acids is 1. The Hall–Kier alpha value is -2.77. The number of nitrogens with zero attached hydrogens (tertiary/aromatic N) is 1. The van der Waals surface area contributed by atoms with Crippen LogP contribution in [0.25, 0.3) is 0 Å². The lowest BCUT2D eigenvalue weighted by molar-refractivity contribution is -0.151. The lowest BCUT2D eigenvalue weighted by Gasteiger charge is -2.39. The first-order valence-corrected chi connectivity index (χ1v) is 8.91. The van der Waals surface area contributed by atoms with Gasteiger partial charge in [0, 0.05) is 13.0 Å². The topological polar surface area (TPSA) is 116 Å². The molecule has 0 radical (unpaired) electrons. The number of phenols is 1. The van der Waals surface area contributed by atoms with Crippen molar-refractivity contribution in [1.82, 2.24) is 10.2 Å². The summed E-state index contributed by atoms with van der Waals surface area (Å²) in [7, 11) is 1.42. The van der Waals surface area contributed by atoms with E-state index in [1.54, 1.807) is 12.1 Å². The number of carboxylic acid groups (broad SMARTS) is 1. The summed E-state index contributed by atoms with van der Waals surface area (Å²) >= 11 is 0. The van der Waals surface area contributed by atoms with Crippen molar-refractivity contribution < 1.29 is 29.3 Å². The van der Waals surface area contributed by atoms with Gasteiger partial charge in [-0.05, 0) is 36.5 Å². The van der Waals surface area contributed by atoms with E-state index in [-0.39, 0.29) is 48.6 Å². The van der Waals surface area contributed by atoms with Crippen LogP contribution in [0, 0.1) is 5.92 Å². The molecule has 27 heavy (non-hydrogen) atoms. The summed E-state index contributed by atoms with van der Waals surface area (Å²) in [5.41, 5.74) is 0.677. The highest BCUT2D eigenvalue weighted by Gasteiger charge is 2.40. The number of methoxy groups -OCH3 is 1. The molecule has 3 N–H and O–H groups in total. The van der Waals surface area contributed by atoms with Crippen LogP contribution >= 0.6 is 0 Å². The highest BCUT2D eigenvalue weighted by molar-refractivity contribution is 5.97. The van der Waals surface area contributed by atoms with Crippen LogP contribution in [0.4, 0.5) is 0 Å². The second-order valence-electron chi connectivity index (χ2n) is 7.11. The molecule has 1 aliphatic heterocycles. The average Bonchev–Trinajstić information content (AvgIpc) is 2.59. The number of aromatic hydroxyl groups is 1. The number of piperazine rings is 1. The lowest BCUT2D eigenvalue weighted by atomic mass is 9.96. The fourth-order valence-electron chi connectivity index (χ4n) is 3.21. The molecular formula is C19H26N2O6. The quantitative estimate of drug-likeness (QED) is 0.631. The molecule has 148 valence electrons. The summed E-state index contributed by atoms with van der Waals surface area (Å²) in [6, 6.07) is 3.22. The fraction of sp³-hybridized carbons (Fsp3) is 0.526. The Labute approximate surface area is 158 Å². The number of hydrogen-bond donors (Lipinski definition) is 3. The van der Waals surface area contributed by atoms with Crippen LogP contribution in [0.3, 0.4) is 0 Å². The molecule has 2 unspecified atom stereocenters. The Morgan fingerprint density at radius 1 is 1.33 bits per heavy atom. The second-order valence-corrected chi connectivity index (χ2v) is 7.11. The molecule has 8 nitrogen and oxygen atoms in total. The Balaban J connectivity index is 2.29. The second kappa shape index (κ2) is 8.75. The summed E-state index contributed by atoms with van der Waals surface area (Å²) in [6.45, 7) is 4.05. The molecule has 1 fully saturated rings. The SMILES string of the molecule is COc1cc(CN2C(=O)C(CC(C)C)NC(=O)C2CCC(=O)O)ccc1O. The highest BCUT2D eigenvalue weighted by atomic mass is 16.5. The monoisotopic (exact) mass is 378 g/mol. The van der Waals surface area contributed by atoms with Crippen LogP contribution < -0.4 is 10.1 Å². The van der Waals surface area contributed by atoms with Crippen LogP contribution in [0.15, 0.2) is 18.2 Å². The molecule has 2 rings (SSSR count). The number of carbonyl (C=O) groups excluding carboxylic acids is 2. The number of benzene rings is 1. The third kappa shape index (κ3) is 5.12. The van der Waals surface area contributed by atoms with E-state index in [4.69, 9.17) is 9.84 Å². The molecule has 0 spiro atoms. The predicted octanol–water partition coefficient (Wildman–Crippen LogP) is 1.51. The molecule has 0 aromatic heterocycles. The molecule has 1 aromatic carbocycles. The Morgan fingerprint density at radius 2 is 2.04 bits per heavy atom. The van der Waals surface area contributed by atoms with Crippen molar-refractivity contribution in [3.63, 3.8) is 0 Å². The summed E-state index contributed by atoms with van der Waals surface area (Å²) in [4.78, 5) is 37.9. The zero-order valence-electron chi connectivity index (χ0n) is 15.8. The van der Waals surface area contributed by atoms with E-state index in [0.29, 0.717) is 12.0 Å². The summed E-state index contributed by atoms with van der Waals surface area (Å²) in [5, 5.41) is 21.4. The van der Waals surface area contributed by atoms with Crippen molar-refractivity contribution in [2.45, 2.75) is 51.7 Å². The van der Waals surface area contributed by atoms with E-state index < -0.39 is 18.1 Å². The van der Waals surface area contributed by atoms with Gasteiger partial charge in [0.25, 0.3) is 0 Å². The van der Waals surface area contributed by atoms with Gasteiger partial charge in [0.15, 0.2) is 11.5 Å². The third-order valence-corrected chi connectivity index (χ3v) is 4.51. The van der Waals surface area contributed by atoms with Gasteiger partial charge in [0.2, 0.25) is 11.8 Å². The van der Waals surface area contributed by atoms with Crippen molar-refractivity contribution in [2.24, 2.45) is 5.92 Å². The van der Waals surface area contributed by atoms with Crippen LogP contribution in [0.1, 0.15) is 38.7 Å². The maximum absolute atomic E-state index is 13.0. The van der Waals surface area contributed by atoms with E-state index in [2.05, 4.69) is 5.32 Å². The molecule has 1 saturated heterocycles. The average molecular weight is 378 g/mol. The fourth-order valence-corrected chi connectivity index (χ4v) is 3.21. The lowest BCUT2D eigenvalue weighted by Crippen LogP contribution is -2.63. The first-order chi connectivity index (χ1) is 12.7. The van der Waals surface area contributed by atoms with Gasteiger partial charge in [0.05, 0.1) is 7.11 Å². The van der Waals surface area contributed by atoms with Crippen LogP contribution in [0.2, 0.25) is 0 Å². The smallest absolute Gasteiger partial charge is 0.303 e. The van der Waals surface area contributed by atoms with Gasteiger partial charge in [-0.3, -0.25) is 14.4 Å². The van der Waals surface area contributed by atoms with Gasteiger partial charge in [-0.25, -0.2) is 0 Å². The normalized spacial score (nSPS) is 19.9. The van der Waals surface area contributed by atoms with E-state index in [1.807, 2.05) is 13.8 Å². The van der Waals surface area contributed by atoms with E-state index in [9.17, 15) is 19.5 Å². The summed E-state index contributed by atoms with van der Waals surface area (Å²) in [5.74, 6) is -1.14. The number of amides is 2. The molecule has 0 aliphatic carbocycles. The number of rotatable bonds is 8. The summed E-state index contributed by atoms with van der Waals surface area (Å²) < 4.78 is 5.09. The minimum Gasteiger partial charge on any atom is -0.504 e. The van der Waals surface area contributed by atoms with Crippen molar-refractivity contribution in [3.05, 3.63) is 23.8 Å². The number of nitrogens with one attached hydrogen (secondary N) is 1. The van der Waals surface area contributed by atoms with Crippen molar-refractivity contribution >= 4 is 17.8 Å². The number of hydrogen-bond acceptors (Lipinski definition) is 5. The summed E-state index contributed by atoms with van der Waals surface area (Å²) in [6.07, 6.45) is 0.331. The zero-order valence-corrected chi connectivity index (χ0v) is 15.8. The van der Waals surface area contributed by atoms with E-state index in [0.717, 1.165) is 0 Å². The molecule has 1 heterocycles. The molecule has 8 heteroatoms. The number of ether oxygens (including phenoxy) is 1. The maximum Gasteiger partial charge on any atom is 0.303 e. The minimum absolute atomic E-state index is 0.0240. The van der Waals surface area contributed by atoms with Gasteiger partial charge < -0.3 is 25.2 Å². The van der Waals surface area contributed by atoms with Gasteiger partial charge in [-0.1, -0.05) is 19.9 Å². The van der Waals surface area contributed by atoms with Crippen molar-refractivity contribution in [2.75, 3.05) is 7.11 Å². The standard InChI is InChI=1S/C19H26N2O6/c1-11(2)8-13-19(26)21(14(18(25)20-13)5-7-17(23)24)10-12-4-6-15(22)16(9-12)27-3/h4,6,9,11,13-14,22H,5,7-8,10H2,1-3H3,(H,20,25)(H,23,24). The van der Waals surface area contributed by atoms with Gasteiger partial charge in [-0.2, -0.15) is 0 Å². The van der Waals surface area contributed by atoms with Gasteiger partial charge >= 0.3 is 5.97 Å². The molecule has 0 saturated carbocycles. The molecule has 2 atom stereocenters. The highest BCUT2D eigenvalue weighted by Crippen LogP contribution is 2.28. The van der Waals surface area contributed by atoms with Crippen molar-refractivity contribution in [1.29, 1.82) is 0 Å². The Morgan fingerprint density at radius 3 is 2.63 bits per heavy atom. The van der Waals surface area contributed by atoms with Crippen LogP contribution in [-0.2, 0) is 20.9 Å². The van der Waals surface area contributed by atoms with Gasteiger partial charge in [0.1, 0.15) is 12.1 Å². The Bertz CT molecular complexity index is 718. The maximum atomic E-state index is 13.0. The predicted molar refractivity (Wildman–Crippen MR) is 97.3 cm³/mol. The first kappa shape index (κ1) is 20.5. The van der Waals surface area contributed by atoms with Crippen molar-refractivity contribution in [3.8, 4) is 11.5 Å². The Kier molecular flexibility index (Phi) is 6.65. The molecular weight excluding hydrogens is 352 g/mol. The molecule has 2 amide bonds. The van der Waals surface area contributed by atoms with Gasteiger partial charge in [-0.15, -0.1) is 0 Å². The largest absolute Gasteiger partial charge is 0.504 e. The van der Waals surface area contributed by atoms with Crippen LogP contribution in [-0.4, -0.2) is 52.1 Å². The van der Waals surface area contributed by atoms with E-state index in [1.165, 1.54) is 18.1 Å². The third-order valence-electron chi connectivity index (χ3n) is 4.51. The first-order valence-electron chi connectivity index (χ1n) is 8.91. The molecule has 1 aromatic rings. The number of aliphatic carboxylic acids is 1. The van der Waals surface area contributed by atoms with Crippen LogP contribution in [0.5, 0.6) is 11.5 Å². The molecule has 1 aliphatic rings. The van der Waals surface area contributed by atoms with E-state index >= 15 is 0 Å².